The highest BCUT2D eigenvalue weighted by molar-refractivity contribution is 14.1. The minimum atomic E-state index is -0.358. The average molecular weight is 303 g/mol. The summed E-state index contributed by atoms with van der Waals surface area (Å²) >= 11 is 1.90. The Hall–Kier alpha value is -1.09. The summed E-state index contributed by atoms with van der Waals surface area (Å²) in [6, 6.07) is 3.97. The van der Waals surface area contributed by atoms with E-state index in [-0.39, 0.29) is 18.3 Å². The van der Waals surface area contributed by atoms with Gasteiger partial charge in [0.05, 0.1) is 12.1 Å². The molecule has 0 aliphatic carbocycles. The molecule has 1 rings (SSSR count). The Morgan fingerprint density at radius 3 is 2.93 bits per heavy atom. The molecule has 2 nitrogen and oxygen atoms in total. The summed E-state index contributed by atoms with van der Waals surface area (Å²) in [5.74, 6) is 1.65. The van der Waals surface area contributed by atoms with Crippen LogP contribution in [0.5, 0.6) is 0 Å². The van der Waals surface area contributed by atoms with Crippen molar-refractivity contribution in [3.05, 3.63) is 33.1 Å². The van der Waals surface area contributed by atoms with Crippen molar-refractivity contribution in [1.82, 2.24) is 5.32 Å². The highest BCUT2D eigenvalue weighted by atomic mass is 127. The third-order valence-corrected chi connectivity index (χ3v) is 2.42. The van der Waals surface area contributed by atoms with Crippen molar-refractivity contribution in [2.24, 2.45) is 0 Å². The lowest BCUT2D eigenvalue weighted by atomic mass is 10.2. The van der Waals surface area contributed by atoms with Crippen molar-refractivity contribution in [3.63, 3.8) is 0 Å². The topological polar surface area (TPSA) is 29.1 Å². The van der Waals surface area contributed by atoms with E-state index >= 15 is 0 Å². The minimum Gasteiger partial charge on any atom is -0.341 e. The molecule has 0 heterocycles. The van der Waals surface area contributed by atoms with Gasteiger partial charge >= 0.3 is 0 Å². The lowest BCUT2D eigenvalue weighted by molar-refractivity contribution is 0.0958. The van der Waals surface area contributed by atoms with Gasteiger partial charge in [-0.3, -0.25) is 4.79 Å². The maximum atomic E-state index is 12.7. The van der Waals surface area contributed by atoms with E-state index in [4.69, 9.17) is 6.42 Å². The number of halogens is 2. The second-order valence-corrected chi connectivity index (χ2v) is 3.67. The first-order chi connectivity index (χ1) is 6.65. The number of amides is 1. The predicted octanol–water partition coefficient (Wildman–Crippen LogP) is 1.79. The molecule has 0 fully saturated rings. The van der Waals surface area contributed by atoms with Gasteiger partial charge in [-0.2, -0.15) is 0 Å². The fourth-order valence-electron chi connectivity index (χ4n) is 0.900. The molecule has 0 aromatic heterocycles. The molecule has 0 atom stereocenters. The smallest absolute Gasteiger partial charge is 0.253 e. The number of nitrogens with one attached hydrogen (secondary N) is 1. The summed E-state index contributed by atoms with van der Waals surface area (Å²) in [7, 11) is 0. The van der Waals surface area contributed by atoms with Gasteiger partial charge < -0.3 is 5.32 Å². The van der Waals surface area contributed by atoms with E-state index in [2.05, 4.69) is 11.2 Å². The van der Waals surface area contributed by atoms with E-state index < -0.39 is 0 Å². The quantitative estimate of drug-likeness (QED) is 0.655. The van der Waals surface area contributed by atoms with Crippen LogP contribution in [0.25, 0.3) is 0 Å². The molecular weight excluding hydrogens is 296 g/mol. The molecule has 0 bridgehead atoms. The van der Waals surface area contributed by atoms with E-state index in [1.807, 2.05) is 22.6 Å². The maximum absolute atomic E-state index is 12.7. The molecule has 72 valence electrons. The van der Waals surface area contributed by atoms with Crippen LogP contribution in [0.3, 0.4) is 0 Å². The Bertz CT molecular complexity index is 398. The van der Waals surface area contributed by atoms with Crippen molar-refractivity contribution >= 4 is 28.5 Å². The summed E-state index contributed by atoms with van der Waals surface area (Å²) < 4.78 is 13.3. The summed E-state index contributed by atoms with van der Waals surface area (Å²) in [5, 5.41) is 2.51. The zero-order chi connectivity index (χ0) is 10.6. The molecule has 1 aromatic carbocycles. The molecular formula is C10H7FINO. The fourth-order valence-corrected chi connectivity index (χ4v) is 1.62. The molecule has 1 amide bonds. The Balaban J connectivity index is 2.86. The molecule has 1 N–H and O–H groups in total. The first kappa shape index (κ1) is 11.0. The van der Waals surface area contributed by atoms with Crippen LogP contribution >= 0.6 is 22.6 Å². The summed E-state index contributed by atoms with van der Waals surface area (Å²) in [6.45, 7) is 0.173. The van der Waals surface area contributed by atoms with Crippen LogP contribution in [0.2, 0.25) is 0 Å². The number of carbonyl (C=O) groups is 1. The van der Waals surface area contributed by atoms with Gasteiger partial charge in [0, 0.05) is 3.57 Å². The van der Waals surface area contributed by atoms with Gasteiger partial charge in [-0.1, -0.05) is 5.92 Å². The standard InChI is InChI=1S/C10H7FINO/c1-2-5-13-10(14)8-4-3-7(11)6-9(8)12/h1,3-4,6H,5H2,(H,13,14). The molecule has 0 aliphatic rings. The zero-order valence-electron chi connectivity index (χ0n) is 7.18. The van der Waals surface area contributed by atoms with Crippen molar-refractivity contribution in [3.8, 4) is 12.3 Å². The third kappa shape index (κ3) is 2.70. The van der Waals surface area contributed by atoms with Crippen molar-refractivity contribution in [2.75, 3.05) is 6.54 Å². The van der Waals surface area contributed by atoms with Crippen molar-refractivity contribution in [1.29, 1.82) is 0 Å². The van der Waals surface area contributed by atoms with Crippen LogP contribution in [0.15, 0.2) is 18.2 Å². The molecule has 0 spiro atoms. The summed E-state index contributed by atoms with van der Waals surface area (Å²) in [4.78, 5) is 11.4. The van der Waals surface area contributed by atoms with Crippen LogP contribution < -0.4 is 5.32 Å². The average Bonchev–Trinajstić information content (AvgIpc) is 2.14. The van der Waals surface area contributed by atoms with Crippen molar-refractivity contribution < 1.29 is 9.18 Å². The van der Waals surface area contributed by atoms with Gasteiger partial charge in [0.15, 0.2) is 0 Å². The molecule has 0 saturated carbocycles. The highest BCUT2D eigenvalue weighted by Crippen LogP contribution is 2.13. The van der Waals surface area contributed by atoms with Gasteiger partial charge in [0.25, 0.3) is 5.91 Å². The molecule has 14 heavy (non-hydrogen) atoms. The second-order valence-electron chi connectivity index (χ2n) is 2.51. The summed E-state index contributed by atoms with van der Waals surface area (Å²) in [6.07, 6.45) is 4.99. The van der Waals surface area contributed by atoms with Gasteiger partial charge in [-0.25, -0.2) is 4.39 Å². The Morgan fingerprint density at radius 2 is 2.36 bits per heavy atom. The summed E-state index contributed by atoms with van der Waals surface area (Å²) in [5.41, 5.74) is 0.433. The van der Waals surface area contributed by atoms with Crippen LogP contribution in [0.4, 0.5) is 4.39 Å². The molecule has 4 heteroatoms. The number of carbonyl (C=O) groups excluding carboxylic acids is 1. The van der Waals surface area contributed by atoms with Crippen LogP contribution in [0.1, 0.15) is 10.4 Å². The number of rotatable bonds is 2. The van der Waals surface area contributed by atoms with Gasteiger partial charge in [0.2, 0.25) is 0 Å². The second kappa shape index (κ2) is 4.96. The van der Waals surface area contributed by atoms with E-state index in [1.165, 1.54) is 18.2 Å². The number of terminal acetylenes is 1. The third-order valence-electron chi connectivity index (χ3n) is 1.53. The Labute approximate surface area is 95.0 Å². The molecule has 0 aliphatic heterocycles. The van der Waals surface area contributed by atoms with E-state index in [0.717, 1.165) is 0 Å². The predicted molar refractivity (Wildman–Crippen MR) is 60.3 cm³/mol. The van der Waals surface area contributed by atoms with Gasteiger partial charge in [-0.15, -0.1) is 6.42 Å². The monoisotopic (exact) mass is 303 g/mol. The molecule has 0 radical (unpaired) electrons. The molecule has 0 unspecified atom stereocenters. The number of hydrogen-bond donors (Lipinski definition) is 1. The Morgan fingerprint density at radius 1 is 1.64 bits per heavy atom. The molecule has 0 saturated heterocycles. The normalized spacial score (nSPS) is 9.21. The zero-order valence-corrected chi connectivity index (χ0v) is 9.34. The number of benzene rings is 1. The lowest BCUT2D eigenvalue weighted by Gasteiger charge is -2.03. The van der Waals surface area contributed by atoms with Crippen LogP contribution in [-0.2, 0) is 0 Å². The van der Waals surface area contributed by atoms with Gasteiger partial charge in [0.1, 0.15) is 5.82 Å². The first-order valence-corrected chi connectivity index (χ1v) is 4.89. The maximum Gasteiger partial charge on any atom is 0.253 e. The van der Waals surface area contributed by atoms with Crippen LogP contribution in [-0.4, -0.2) is 12.5 Å². The fraction of sp³-hybridized carbons (Fsp3) is 0.100. The van der Waals surface area contributed by atoms with E-state index in [0.29, 0.717) is 9.13 Å². The first-order valence-electron chi connectivity index (χ1n) is 3.82. The van der Waals surface area contributed by atoms with Crippen LogP contribution in [0, 0.1) is 21.7 Å². The largest absolute Gasteiger partial charge is 0.341 e. The highest BCUT2D eigenvalue weighted by Gasteiger charge is 2.08. The SMILES string of the molecule is C#CCNC(=O)c1ccc(F)cc1I. The molecule has 1 aromatic rings. The van der Waals surface area contributed by atoms with Gasteiger partial charge in [-0.05, 0) is 40.8 Å². The van der Waals surface area contributed by atoms with Crippen molar-refractivity contribution in [2.45, 2.75) is 0 Å². The van der Waals surface area contributed by atoms with E-state index in [1.54, 1.807) is 0 Å². The Kier molecular flexibility index (Phi) is 3.89. The minimum absolute atomic E-state index is 0.173. The lowest BCUT2D eigenvalue weighted by Crippen LogP contribution is -2.24. The number of hydrogen-bond acceptors (Lipinski definition) is 1. The van der Waals surface area contributed by atoms with E-state index in [9.17, 15) is 9.18 Å².